The lowest BCUT2D eigenvalue weighted by molar-refractivity contribution is 0.317. The minimum Gasteiger partial charge on any atom is -0.316 e. The van der Waals surface area contributed by atoms with E-state index in [0.717, 1.165) is 19.0 Å². The Hall–Kier alpha value is 0.1000. The van der Waals surface area contributed by atoms with Gasteiger partial charge in [-0.25, -0.2) is 0 Å². The van der Waals surface area contributed by atoms with E-state index < -0.39 is 0 Å². The van der Waals surface area contributed by atoms with E-state index >= 15 is 0 Å². The minimum atomic E-state index is 0.852. The zero-order valence-corrected chi connectivity index (χ0v) is 12.8. The maximum Gasteiger partial charge on any atom is 0.0328 e. The average molecular weight is 317 g/mol. The van der Waals surface area contributed by atoms with Crippen LogP contribution in [0.5, 0.6) is 0 Å². The predicted molar refractivity (Wildman–Crippen MR) is 78.6 cm³/mol. The van der Waals surface area contributed by atoms with Gasteiger partial charge in [-0.3, -0.25) is 4.90 Å². The molecule has 17 heavy (non-hydrogen) atoms. The highest BCUT2D eigenvalue weighted by Gasteiger charge is 2.22. The van der Waals surface area contributed by atoms with Gasteiger partial charge in [-0.1, -0.05) is 6.92 Å². The number of nitrogens with one attached hydrogen (secondary N) is 1. The van der Waals surface area contributed by atoms with Gasteiger partial charge < -0.3 is 5.32 Å². The third kappa shape index (κ3) is 4.36. The standard InChI is InChI=1S/C13H21BrN2S/c1-2-4-15-7-11-3-5-16(8-11)9-13-6-12(14)10-17-13/h6,10-11,15H,2-5,7-9H2,1H3. The SMILES string of the molecule is CCCNCC1CCN(Cc2cc(Br)cs2)C1. The fourth-order valence-corrected chi connectivity index (χ4v) is 3.86. The van der Waals surface area contributed by atoms with Gasteiger partial charge in [0.1, 0.15) is 0 Å². The van der Waals surface area contributed by atoms with Gasteiger partial charge in [0.25, 0.3) is 0 Å². The zero-order valence-electron chi connectivity index (χ0n) is 10.4. The Morgan fingerprint density at radius 1 is 1.59 bits per heavy atom. The maximum atomic E-state index is 3.53. The summed E-state index contributed by atoms with van der Waals surface area (Å²) in [6.45, 7) is 8.22. The van der Waals surface area contributed by atoms with Crippen molar-refractivity contribution >= 4 is 27.3 Å². The first-order chi connectivity index (χ1) is 8.28. The number of halogens is 1. The summed E-state index contributed by atoms with van der Waals surface area (Å²) in [4.78, 5) is 4.05. The molecule has 1 aliphatic heterocycles. The molecule has 4 heteroatoms. The molecular weight excluding hydrogens is 296 g/mol. The molecule has 0 bridgehead atoms. The maximum absolute atomic E-state index is 3.53. The number of thiophene rings is 1. The summed E-state index contributed by atoms with van der Waals surface area (Å²) in [6.07, 6.45) is 2.59. The summed E-state index contributed by atoms with van der Waals surface area (Å²) in [5.41, 5.74) is 0. The molecule has 1 saturated heterocycles. The Balaban J connectivity index is 1.70. The van der Waals surface area contributed by atoms with E-state index in [1.54, 1.807) is 0 Å². The molecule has 0 aromatic carbocycles. The molecular formula is C13H21BrN2S. The van der Waals surface area contributed by atoms with Crippen LogP contribution in [0.2, 0.25) is 0 Å². The van der Waals surface area contributed by atoms with Crippen molar-refractivity contribution in [1.82, 2.24) is 10.2 Å². The summed E-state index contributed by atoms with van der Waals surface area (Å²) in [6, 6.07) is 2.24. The second-order valence-electron chi connectivity index (χ2n) is 4.83. The van der Waals surface area contributed by atoms with Crippen LogP contribution in [0.15, 0.2) is 15.9 Å². The third-order valence-electron chi connectivity index (χ3n) is 3.23. The molecule has 1 unspecified atom stereocenters. The molecule has 2 nitrogen and oxygen atoms in total. The van der Waals surface area contributed by atoms with E-state index in [-0.39, 0.29) is 0 Å². The molecule has 1 atom stereocenters. The van der Waals surface area contributed by atoms with Gasteiger partial charge in [-0.2, -0.15) is 0 Å². The number of likely N-dealkylation sites (tertiary alicyclic amines) is 1. The Kier molecular flexibility index (Phi) is 5.48. The minimum absolute atomic E-state index is 0.852. The third-order valence-corrected chi connectivity index (χ3v) is 4.91. The lowest BCUT2D eigenvalue weighted by Gasteiger charge is -2.15. The quantitative estimate of drug-likeness (QED) is 0.810. The highest BCUT2D eigenvalue weighted by atomic mass is 79.9. The van der Waals surface area contributed by atoms with Crippen molar-refractivity contribution in [3.63, 3.8) is 0 Å². The fraction of sp³-hybridized carbons (Fsp3) is 0.692. The number of rotatable bonds is 6. The van der Waals surface area contributed by atoms with E-state index in [9.17, 15) is 0 Å². The normalized spacial score (nSPS) is 21.2. The molecule has 1 N–H and O–H groups in total. The summed E-state index contributed by atoms with van der Waals surface area (Å²) in [7, 11) is 0. The summed E-state index contributed by atoms with van der Waals surface area (Å²) in [5.74, 6) is 0.852. The van der Waals surface area contributed by atoms with Gasteiger partial charge in [0.2, 0.25) is 0 Å². The van der Waals surface area contributed by atoms with Crippen LogP contribution in [-0.2, 0) is 6.54 Å². The zero-order chi connectivity index (χ0) is 12.1. The fourth-order valence-electron chi connectivity index (χ4n) is 2.36. The van der Waals surface area contributed by atoms with Crippen molar-refractivity contribution in [3.05, 3.63) is 20.8 Å². The van der Waals surface area contributed by atoms with Gasteiger partial charge in [0.05, 0.1) is 0 Å². The van der Waals surface area contributed by atoms with Crippen LogP contribution in [0.25, 0.3) is 0 Å². The predicted octanol–water partition coefficient (Wildman–Crippen LogP) is 3.33. The van der Waals surface area contributed by atoms with Crippen molar-refractivity contribution in [2.75, 3.05) is 26.2 Å². The Morgan fingerprint density at radius 2 is 2.47 bits per heavy atom. The Labute approximate surface area is 117 Å². The van der Waals surface area contributed by atoms with E-state index in [2.05, 4.69) is 44.5 Å². The van der Waals surface area contributed by atoms with Gasteiger partial charge in [0, 0.05) is 27.8 Å². The molecule has 0 amide bonds. The van der Waals surface area contributed by atoms with E-state index in [1.165, 1.54) is 41.8 Å². The summed E-state index contributed by atoms with van der Waals surface area (Å²) < 4.78 is 1.22. The van der Waals surface area contributed by atoms with E-state index in [4.69, 9.17) is 0 Å². The van der Waals surface area contributed by atoms with Crippen LogP contribution >= 0.6 is 27.3 Å². The number of hydrogen-bond donors (Lipinski definition) is 1. The molecule has 96 valence electrons. The van der Waals surface area contributed by atoms with Crippen molar-refractivity contribution in [2.45, 2.75) is 26.3 Å². The second kappa shape index (κ2) is 6.88. The molecule has 2 rings (SSSR count). The Morgan fingerprint density at radius 3 is 3.18 bits per heavy atom. The molecule has 1 fully saturated rings. The summed E-state index contributed by atoms with van der Waals surface area (Å²) in [5, 5.41) is 5.71. The molecule has 1 aromatic heterocycles. The van der Waals surface area contributed by atoms with Crippen LogP contribution in [0.3, 0.4) is 0 Å². The van der Waals surface area contributed by atoms with Crippen LogP contribution < -0.4 is 5.32 Å². The van der Waals surface area contributed by atoms with Crippen molar-refractivity contribution in [2.24, 2.45) is 5.92 Å². The highest BCUT2D eigenvalue weighted by Crippen LogP contribution is 2.24. The first-order valence-corrected chi connectivity index (χ1v) is 8.11. The molecule has 1 aliphatic rings. The lowest BCUT2D eigenvalue weighted by Crippen LogP contribution is -2.26. The van der Waals surface area contributed by atoms with Gasteiger partial charge >= 0.3 is 0 Å². The van der Waals surface area contributed by atoms with Crippen molar-refractivity contribution in [1.29, 1.82) is 0 Å². The van der Waals surface area contributed by atoms with Crippen LogP contribution in [-0.4, -0.2) is 31.1 Å². The Bertz CT molecular complexity index is 340. The molecule has 0 radical (unpaired) electrons. The van der Waals surface area contributed by atoms with Crippen LogP contribution in [0, 0.1) is 5.92 Å². The molecule has 1 aromatic rings. The average Bonchev–Trinajstić information content (AvgIpc) is 2.90. The van der Waals surface area contributed by atoms with Crippen molar-refractivity contribution in [3.8, 4) is 0 Å². The second-order valence-corrected chi connectivity index (χ2v) is 6.74. The number of hydrogen-bond acceptors (Lipinski definition) is 3. The first kappa shape index (κ1) is 13.5. The van der Waals surface area contributed by atoms with Gasteiger partial charge in [0.15, 0.2) is 0 Å². The summed E-state index contributed by atoms with van der Waals surface area (Å²) >= 11 is 5.37. The lowest BCUT2D eigenvalue weighted by atomic mass is 10.1. The molecule has 0 saturated carbocycles. The van der Waals surface area contributed by atoms with E-state index in [1.807, 2.05) is 11.3 Å². The molecule has 2 heterocycles. The van der Waals surface area contributed by atoms with Crippen molar-refractivity contribution < 1.29 is 0 Å². The first-order valence-electron chi connectivity index (χ1n) is 6.44. The van der Waals surface area contributed by atoms with Gasteiger partial charge in [-0.05, 0) is 60.4 Å². The topological polar surface area (TPSA) is 15.3 Å². The smallest absolute Gasteiger partial charge is 0.0328 e. The van der Waals surface area contributed by atoms with Gasteiger partial charge in [-0.15, -0.1) is 11.3 Å². The largest absolute Gasteiger partial charge is 0.316 e. The van der Waals surface area contributed by atoms with Crippen LogP contribution in [0.4, 0.5) is 0 Å². The highest BCUT2D eigenvalue weighted by molar-refractivity contribution is 9.10. The van der Waals surface area contributed by atoms with E-state index in [0.29, 0.717) is 0 Å². The number of nitrogens with zero attached hydrogens (tertiary/aromatic N) is 1. The molecule has 0 aliphatic carbocycles. The van der Waals surface area contributed by atoms with Crippen LogP contribution in [0.1, 0.15) is 24.6 Å². The molecule has 0 spiro atoms. The monoisotopic (exact) mass is 316 g/mol.